The molecule has 0 spiro atoms. The highest BCUT2D eigenvalue weighted by Crippen LogP contribution is 2.20. The van der Waals surface area contributed by atoms with Crippen molar-refractivity contribution in [3.63, 3.8) is 0 Å². The van der Waals surface area contributed by atoms with Gasteiger partial charge in [0.2, 0.25) is 5.91 Å². The summed E-state index contributed by atoms with van der Waals surface area (Å²) in [7, 11) is 1.67. The van der Waals surface area contributed by atoms with Crippen molar-refractivity contribution in [3.05, 3.63) is 29.3 Å². The molecule has 1 amide bonds. The minimum absolute atomic E-state index is 0. The molecule has 2 rings (SSSR count). The quantitative estimate of drug-likeness (QED) is 0.831. The van der Waals surface area contributed by atoms with Gasteiger partial charge in [-0.1, -0.05) is 12.1 Å². The van der Waals surface area contributed by atoms with Crippen LogP contribution in [0.3, 0.4) is 0 Å². The first-order chi connectivity index (χ1) is 10.1. The summed E-state index contributed by atoms with van der Waals surface area (Å²) in [5.74, 6) is 0.841. The van der Waals surface area contributed by atoms with Crippen LogP contribution in [0.2, 0.25) is 0 Å². The van der Waals surface area contributed by atoms with Gasteiger partial charge in [0.1, 0.15) is 11.9 Å². The van der Waals surface area contributed by atoms with Gasteiger partial charge in [0.15, 0.2) is 0 Å². The number of benzene rings is 1. The maximum absolute atomic E-state index is 12.0. The summed E-state index contributed by atoms with van der Waals surface area (Å²) in [6.07, 6.45) is 2.08. The number of amides is 1. The summed E-state index contributed by atoms with van der Waals surface area (Å²) in [5.41, 5.74) is 7.80. The van der Waals surface area contributed by atoms with E-state index in [0.717, 1.165) is 36.1 Å². The van der Waals surface area contributed by atoms with E-state index in [1.54, 1.807) is 7.11 Å². The van der Waals surface area contributed by atoms with Crippen LogP contribution >= 0.6 is 12.4 Å². The molecule has 1 aromatic carbocycles. The van der Waals surface area contributed by atoms with Crippen molar-refractivity contribution in [3.8, 4) is 5.75 Å². The van der Waals surface area contributed by atoms with E-state index in [-0.39, 0.29) is 30.5 Å². The van der Waals surface area contributed by atoms with Gasteiger partial charge < -0.3 is 20.5 Å². The number of carbonyl (C=O) groups excluding carboxylic acids is 1. The molecule has 3 N–H and O–H groups in total. The van der Waals surface area contributed by atoms with Crippen LogP contribution in [-0.4, -0.2) is 38.3 Å². The monoisotopic (exact) mass is 328 g/mol. The first kappa shape index (κ1) is 18.7. The Balaban J connectivity index is 0.00000242. The molecule has 1 aromatic rings. The molecule has 5 nitrogen and oxygen atoms in total. The predicted molar refractivity (Wildman–Crippen MR) is 88.6 cm³/mol. The minimum Gasteiger partial charge on any atom is -0.496 e. The second-order valence-corrected chi connectivity index (χ2v) is 5.40. The average Bonchev–Trinajstić information content (AvgIpc) is 2.98. The van der Waals surface area contributed by atoms with E-state index in [9.17, 15) is 4.79 Å². The van der Waals surface area contributed by atoms with E-state index < -0.39 is 0 Å². The van der Waals surface area contributed by atoms with Crippen LogP contribution < -0.4 is 15.8 Å². The van der Waals surface area contributed by atoms with Gasteiger partial charge in [-0.3, -0.25) is 4.79 Å². The minimum atomic E-state index is -0.342. The lowest BCUT2D eigenvalue weighted by Crippen LogP contribution is -2.36. The highest BCUT2D eigenvalue weighted by molar-refractivity contribution is 5.85. The molecule has 0 radical (unpaired) electrons. The SMILES string of the molecule is COc1cc(CCNC(=O)[C@@H]2CC[C@H](CN)O2)ccc1C.Cl. The molecule has 0 aromatic heterocycles. The van der Waals surface area contributed by atoms with E-state index in [2.05, 4.69) is 11.4 Å². The second-order valence-electron chi connectivity index (χ2n) is 5.40. The van der Waals surface area contributed by atoms with Crippen molar-refractivity contribution in [1.82, 2.24) is 5.32 Å². The molecule has 0 aliphatic carbocycles. The number of halogens is 1. The molecule has 0 bridgehead atoms. The number of nitrogens with one attached hydrogen (secondary N) is 1. The fourth-order valence-electron chi connectivity index (χ4n) is 2.54. The molecule has 22 heavy (non-hydrogen) atoms. The lowest BCUT2D eigenvalue weighted by atomic mass is 10.1. The number of ether oxygens (including phenoxy) is 2. The molecule has 124 valence electrons. The number of methoxy groups -OCH3 is 1. The van der Waals surface area contributed by atoms with Crippen LogP contribution in [0.25, 0.3) is 0 Å². The maximum atomic E-state index is 12.0. The summed E-state index contributed by atoms with van der Waals surface area (Å²) in [6.45, 7) is 3.08. The largest absolute Gasteiger partial charge is 0.496 e. The first-order valence-electron chi connectivity index (χ1n) is 7.40. The zero-order valence-electron chi connectivity index (χ0n) is 13.1. The number of nitrogens with two attached hydrogens (primary N) is 1. The molecule has 1 aliphatic rings. The van der Waals surface area contributed by atoms with Gasteiger partial charge in [0.05, 0.1) is 13.2 Å². The highest BCUT2D eigenvalue weighted by atomic mass is 35.5. The standard InChI is InChI=1S/C16H24N2O3.ClH/c1-11-3-4-12(9-15(11)20-2)7-8-18-16(19)14-6-5-13(10-17)21-14;/h3-4,9,13-14H,5-8,10,17H2,1-2H3,(H,18,19);1H/t13-,14+;/m1./s1. The second kappa shape index (κ2) is 8.98. The van der Waals surface area contributed by atoms with Crippen molar-refractivity contribution >= 4 is 18.3 Å². The van der Waals surface area contributed by atoms with Crippen molar-refractivity contribution in [2.24, 2.45) is 5.73 Å². The Morgan fingerprint density at radius 2 is 2.23 bits per heavy atom. The van der Waals surface area contributed by atoms with Gasteiger partial charge in [-0.15, -0.1) is 12.4 Å². The van der Waals surface area contributed by atoms with Crippen LogP contribution in [0.1, 0.15) is 24.0 Å². The fraction of sp³-hybridized carbons (Fsp3) is 0.562. The van der Waals surface area contributed by atoms with E-state index in [0.29, 0.717) is 13.1 Å². The number of aryl methyl sites for hydroxylation is 1. The molecule has 0 saturated carbocycles. The zero-order valence-corrected chi connectivity index (χ0v) is 13.9. The van der Waals surface area contributed by atoms with Crippen LogP contribution in [0, 0.1) is 6.92 Å². The summed E-state index contributed by atoms with van der Waals surface area (Å²) >= 11 is 0. The van der Waals surface area contributed by atoms with Crippen LogP contribution in [-0.2, 0) is 16.0 Å². The number of hydrogen-bond acceptors (Lipinski definition) is 4. The Kier molecular flexibility index (Phi) is 7.65. The molecule has 1 fully saturated rings. The number of carbonyl (C=O) groups is 1. The molecule has 6 heteroatoms. The highest BCUT2D eigenvalue weighted by Gasteiger charge is 2.29. The summed E-state index contributed by atoms with van der Waals surface area (Å²) in [5, 5.41) is 2.92. The molecular formula is C16H25ClN2O3. The van der Waals surface area contributed by atoms with Gasteiger partial charge in [-0.25, -0.2) is 0 Å². The van der Waals surface area contributed by atoms with Crippen molar-refractivity contribution < 1.29 is 14.3 Å². The van der Waals surface area contributed by atoms with Crippen LogP contribution in [0.5, 0.6) is 5.75 Å². The van der Waals surface area contributed by atoms with Gasteiger partial charge in [-0.05, 0) is 43.4 Å². The van der Waals surface area contributed by atoms with Crippen molar-refractivity contribution in [1.29, 1.82) is 0 Å². The third-order valence-corrected chi connectivity index (χ3v) is 3.85. The Labute approximate surface area is 138 Å². The smallest absolute Gasteiger partial charge is 0.249 e. The zero-order chi connectivity index (χ0) is 15.2. The molecule has 1 saturated heterocycles. The third-order valence-electron chi connectivity index (χ3n) is 3.85. The Hall–Kier alpha value is -1.30. The summed E-state index contributed by atoms with van der Waals surface area (Å²) in [4.78, 5) is 12.0. The van der Waals surface area contributed by atoms with Crippen molar-refractivity contribution in [2.75, 3.05) is 20.2 Å². The van der Waals surface area contributed by atoms with E-state index in [1.165, 1.54) is 0 Å². The molecule has 1 aliphatic heterocycles. The van der Waals surface area contributed by atoms with Gasteiger partial charge in [-0.2, -0.15) is 0 Å². The molecule has 2 atom stereocenters. The summed E-state index contributed by atoms with van der Waals surface area (Å²) in [6, 6.07) is 6.10. The van der Waals surface area contributed by atoms with Gasteiger partial charge in [0, 0.05) is 13.1 Å². The van der Waals surface area contributed by atoms with E-state index in [1.807, 2.05) is 19.1 Å². The lowest BCUT2D eigenvalue weighted by molar-refractivity contribution is -0.131. The Morgan fingerprint density at radius 3 is 2.86 bits per heavy atom. The van der Waals surface area contributed by atoms with E-state index >= 15 is 0 Å². The topological polar surface area (TPSA) is 73.6 Å². The van der Waals surface area contributed by atoms with Gasteiger partial charge >= 0.3 is 0 Å². The summed E-state index contributed by atoms with van der Waals surface area (Å²) < 4.78 is 10.9. The predicted octanol–water partition coefficient (Wildman–Crippen LogP) is 1.59. The van der Waals surface area contributed by atoms with Crippen LogP contribution in [0.4, 0.5) is 0 Å². The number of rotatable bonds is 6. The van der Waals surface area contributed by atoms with E-state index in [4.69, 9.17) is 15.2 Å². The fourth-order valence-corrected chi connectivity index (χ4v) is 2.54. The lowest BCUT2D eigenvalue weighted by Gasteiger charge is -2.13. The average molecular weight is 329 g/mol. The van der Waals surface area contributed by atoms with Gasteiger partial charge in [0.25, 0.3) is 0 Å². The molecule has 1 heterocycles. The Bertz CT molecular complexity index is 496. The van der Waals surface area contributed by atoms with Crippen molar-refractivity contribution in [2.45, 2.75) is 38.4 Å². The van der Waals surface area contributed by atoms with Crippen LogP contribution in [0.15, 0.2) is 18.2 Å². The maximum Gasteiger partial charge on any atom is 0.249 e. The molecular weight excluding hydrogens is 304 g/mol. The first-order valence-corrected chi connectivity index (χ1v) is 7.40. The molecule has 0 unspecified atom stereocenters. The third kappa shape index (κ3) is 4.87. The normalized spacial score (nSPS) is 20.3. The number of hydrogen-bond donors (Lipinski definition) is 2. The Morgan fingerprint density at radius 1 is 1.45 bits per heavy atom.